The molecule has 0 unspecified atom stereocenters. The Balaban J connectivity index is 2.11. The van der Waals surface area contributed by atoms with Crippen LogP contribution in [-0.2, 0) is 11.2 Å². The maximum atomic E-state index is 12.5. The van der Waals surface area contributed by atoms with Gasteiger partial charge in [-0.2, -0.15) is 0 Å². The Labute approximate surface area is 116 Å². The third kappa shape index (κ3) is 1.86. The molecule has 20 heavy (non-hydrogen) atoms. The number of fused-ring (bicyclic) bond motifs is 1. The summed E-state index contributed by atoms with van der Waals surface area (Å²) in [6.45, 7) is 1.91. The summed E-state index contributed by atoms with van der Waals surface area (Å²) in [7, 11) is 0. The molecule has 0 atom stereocenters. The molecule has 2 amide bonds. The van der Waals surface area contributed by atoms with Crippen LogP contribution in [0, 0.1) is 6.92 Å². The van der Waals surface area contributed by atoms with Gasteiger partial charge in [-0.05, 0) is 36.2 Å². The molecule has 0 fully saturated rings. The summed E-state index contributed by atoms with van der Waals surface area (Å²) in [5, 5.41) is 0. The van der Waals surface area contributed by atoms with E-state index in [1.165, 1.54) is 4.90 Å². The minimum atomic E-state index is -0.313. The number of nitrogens with zero attached hydrogens (tertiary/aromatic N) is 1. The molecule has 0 spiro atoms. The van der Waals surface area contributed by atoms with Gasteiger partial charge in [0.1, 0.15) is 0 Å². The van der Waals surface area contributed by atoms with Crippen molar-refractivity contribution in [3.8, 4) is 0 Å². The quantitative estimate of drug-likeness (QED) is 0.636. The number of nitrogen functional groups attached to an aromatic ring is 1. The van der Waals surface area contributed by atoms with Crippen molar-refractivity contribution in [1.29, 1.82) is 0 Å². The second kappa shape index (κ2) is 4.49. The Kier molecular flexibility index (Phi) is 2.79. The summed E-state index contributed by atoms with van der Waals surface area (Å²) in [6.07, 6.45) is 0.217. The molecule has 2 aromatic rings. The lowest BCUT2D eigenvalue weighted by Crippen LogP contribution is -2.42. The fourth-order valence-corrected chi connectivity index (χ4v) is 2.48. The predicted molar refractivity (Wildman–Crippen MR) is 77.6 cm³/mol. The number of rotatable bonds is 1. The van der Waals surface area contributed by atoms with Crippen molar-refractivity contribution in [2.75, 3.05) is 10.6 Å². The number of carbonyl (C=O) groups is 2. The molecule has 4 heteroatoms. The molecule has 3 rings (SSSR count). The molecular formula is C16H14N2O2. The smallest absolute Gasteiger partial charge is 0.265 e. The minimum Gasteiger partial charge on any atom is -0.397 e. The van der Waals surface area contributed by atoms with Crippen molar-refractivity contribution in [1.82, 2.24) is 0 Å². The van der Waals surface area contributed by atoms with Crippen LogP contribution in [0.4, 0.5) is 11.4 Å². The second-order valence-corrected chi connectivity index (χ2v) is 4.93. The molecule has 2 N–H and O–H groups in total. The Bertz CT molecular complexity index is 722. The number of aryl methyl sites for hydroxylation is 1. The zero-order valence-electron chi connectivity index (χ0n) is 11.1. The molecule has 0 bridgehead atoms. The number of nitrogens with two attached hydrogens (primary N) is 1. The minimum absolute atomic E-state index is 0.217. The number of carbonyl (C=O) groups excluding carboxylic acids is 2. The molecule has 1 heterocycles. The molecule has 100 valence electrons. The van der Waals surface area contributed by atoms with Gasteiger partial charge in [0.2, 0.25) is 5.91 Å². The van der Waals surface area contributed by atoms with Crippen LogP contribution >= 0.6 is 0 Å². The van der Waals surface area contributed by atoms with Gasteiger partial charge in [-0.1, -0.05) is 24.3 Å². The van der Waals surface area contributed by atoms with Crippen molar-refractivity contribution in [3.63, 3.8) is 0 Å². The van der Waals surface area contributed by atoms with E-state index in [0.717, 1.165) is 11.1 Å². The van der Waals surface area contributed by atoms with E-state index in [-0.39, 0.29) is 18.2 Å². The lowest BCUT2D eigenvalue weighted by molar-refractivity contribution is -0.117. The average Bonchev–Trinajstić information content (AvgIpc) is 2.41. The fourth-order valence-electron chi connectivity index (χ4n) is 2.48. The van der Waals surface area contributed by atoms with Crippen molar-refractivity contribution in [2.24, 2.45) is 0 Å². The van der Waals surface area contributed by atoms with Gasteiger partial charge in [0.15, 0.2) is 0 Å². The predicted octanol–water partition coefficient (Wildman–Crippen LogP) is 2.31. The van der Waals surface area contributed by atoms with Crippen molar-refractivity contribution < 1.29 is 9.59 Å². The highest BCUT2D eigenvalue weighted by atomic mass is 16.2. The second-order valence-electron chi connectivity index (χ2n) is 4.93. The highest BCUT2D eigenvalue weighted by Crippen LogP contribution is 2.30. The first-order chi connectivity index (χ1) is 9.58. The maximum Gasteiger partial charge on any atom is 0.265 e. The number of amides is 2. The van der Waals surface area contributed by atoms with Crippen LogP contribution in [0.25, 0.3) is 0 Å². The first kappa shape index (κ1) is 12.4. The Morgan fingerprint density at radius 1 is 1.10 bits per heavy atom. The molecule has 0 saturated carbocycles. The van der Waals surface area contributed by atoms with E-state index in [2.05, 4.69) is 0 Å². The van der Waals surface area contributed by atoms with Crippen LogP contribution < -0.4 is 10.6 Å². The summed E-state index contributed by atoms with van der Waals surface area (Å²) < 4.78 is 0. The van der Waals surface area contributed by atoms with Gasteiger partial charge < -0.3 is 5.73 Å². The van der Waals surface area contributed by atoms with Gasteiger partial charge in [0.05, 0.1) is 17.8 Å². The molecule has 0 saturated heterocycles. The molecule has 2 aromatic carbocycles. The molecule has 0 aliphatic carbocycles. The Morgan fingerprint density at radius 2 is 1.85 bits per heavy atom. The van der Waals surface area contributed by atoms with Gasteiger partial charge in [0, 0.05) is 5.56 Å². The van der Waals surface area contributed by atoms with Crippen LogP contribution in [0.1, 0.15) is 21.5 Å². The number of anilines is 2. The van der Waals surface area contributed by atoms with Gasteiger partial charge in [0.25, 0.3) is 5.91 Å². The van der Waals surface area contributed by atoms with Crippen molar-refractivity contribution in [2.45, 2.75) is 13.3 Å². The van der Waals surface area contributed by atoms with Gasteiger partial charge >= 0.3 is 0 Å². The van der Waals surface area contributed by atoms with E-state index in [1.54, 1.807) is 30.3 Å². The van der Waals surface area contributed by atoms with Crippen LogP contribution in [0.5, 0.6) is 0 Å². The van der Waals surface area contributed by atoms with Crippen molar-refractivity contribution in [3.05, 3.63) is 59.2 Å². The van der Waals surface area contributed by atoms with E-state index in [0.29, 0.717) is 16.9 Å². The topological polar surface area (TPSA) is 63.4 Å². The number of benzene rings is 2. The maximum absolute atomic E-state index is 12.5. The van der Waals surface area contributed by atoms with E-state index in [4.69, 9.17) is 5.73 Å². The SMILES string of the molecule is Cc1ccc(N2C(=O)Cc3ccccc3C2=O)c(N)c1. The van der Waals surface area contributed by atoms with E-state index < -0.39 is 0 Å². The fraction of sp³-hybridized carbons (Fsp3) is 0.125. The largest absolute Gasteiger partial charge is 0.397 e. The van der Waals surface area contributed by atoms with Crippen LogP contribution in [0.15, 0.2) is 42.5 Å². The number of imide groups is 1. The normalized spacial score (nSPS) is 14.3. The summed E-state index contributed by atoms with van der Waals surface area (Å²) in [5.41, 5.74) is 9.16. The van der Waals surface area contributed by atoms with E-state index >= 15 is 0 Å². The average molecular weight is 266 g/mol. The molecule has 1 aliphatic rings. The van der Waals surface area contributed by atoms with E-state index in [1.807, 2.05) is 19.1 Å². The lowest BCUT2D eigenvalue weighted by Gasteiger charge is -2.27. The van der Waals surface area contributed by atoms with Crippen molar-refractivity contribution >= 4 is 23.2 Å². The van der Waals surface area contributed by atoms with E-state index in [9.17, 15) is 9.59 Å². The van der Waals surface area contributed by atoms with Gasteiger partial charge in [-0.25, -0.2) is 4.90 Å². The number of hydrogen-bond donors (Lipinski definition) is 1. The highest BCUT2D eigenvalue weighted by Gasteiger charge is 2.32. The third-order valence-electron chi connectivity index (χ3n) is 3.47. The Morgan fingerprint density at radius 3 is 2.60 bits per heavy atom. The summed E-state index contributed by atoms with van der Waals surface area (Å²) in [6, 6.07) is 12.5. The zero-order chi connectivity index (χ0) is 14.3. The molecule has 0 aromatic heterocycles. The van der Waals surface area contributed by atoms with Crippen LogP contribution in [0.2, 0.25) is 0 Å². The number of hydrogen-bond acceptors (Lipinski definition) is 3. The zero-order valence-corrected chi connectivity index (χ0v) is 11.1. The first-order valence-electron chi connectivity index (χ1n) is 6.39. The highest BCUT2D eigenvalue weighted by molar-refractivity contribution is 6.25. The Hall–Kier alpha value is -2.62. The van der Waals surface area contributed by atoms with Gasteiger partial charge in [-0.15, -0.1) is 0 Å². The molecule has 0 radical (unpaired) electrons. The summed E-state index contributed by atoms with van der Waals surface area (Å²) in [4.78, 5) is 25.9. The van der Waals surface area contributed by atoms with Crippen LogP contribution in [-0.4, -0.2) is 11.8 Å². The standard InChI is InChI=1S/C16H14N2O2/c1-10-6-7-14(13(17)8-10)18-15(19)9-11-4-2-3-5-12(11)16(18)20/h2-8H,9,17H2,1H3. The molecular weight excluding hydrogens is 252 g/mol. The molecule has 4 nitrogen and oxygen atoms in total. The van der Waals surface area contributed by atoms with Gasteiger partial charge in [-0.3, -0.25) is 9.59 Å². The summed E-state index contributed by atoms with van der Waals surface area (Å²) in [5.74, 6) is -0.559. The molecule has 1 aliphatic heterocycles. The summed E-state index contributed by atoms with van der Waals surface area (Å²) >= 11 is 0. The first-order valence-corrected chi connectivity index (χ1v) is 6.39. The van der Waals surface area contributed by atoms with Crippen LogP contribution in [0.3, 0.4) is 0 Å². The third-order valence-corrected chi connectivity index (χ3v) is 3.47. The monoisotopic (exact) mass is 266 g/mol. The lowest BCUT2D eigenvalue weighted by atomic mass is 9.97.